The monoisotopic (exact) mass is 395 g/mol. The van der Waals surface area contributed by atoms with Gasteiger partial charge in [0.1, 0.15) is 5.82 Å². The lowest BCUT2D eigenvalue weighted by Gasteiger charge is -2.28. The number of nitrogens with zero attached hydrogens (tertiary/aromatic N) is 1. The number of carbonyl (C=O) groups is 1. The van der Waals surface area contributed by atoms with Crippen LogP contribution in [0.2, 0.25) is 0 Å². The minimum atomic E-state index is -0.206. The van der Waals surface area contributed by atoms with Crippen molar-refractivity contribution in [2.75, 3.05) is 5.32 Å². The fourth-order valence-corrected chi connectivity index (χ4v) is 4.90. The molecular formula is C19H23ClFN3OS. The minimum absolute atomic E-state index is 0. The molecular weight excluding hydrogens is 373 g/mol. The Bertz CT molecular complexity index is 757. The number of fused-ring (bicyclic) bond motifs is 2. The van der Waals surface area contributed by atoms with Crippen LogP contribution in [0.1, 0.15) is 42.5 Å². The summed E-state index contributed by atoms with van der Waals surface area (Å²) in [7, 11) is 0. The normalized spacial score (nSPS) is 24.1. The second-order valence-electron chi connectivity index (χ2n) is 7.13. The molecule has 140 valence electrons. The molecule has 1 aromatic heterocycles. The Balaban J connectivity index is 0.00000196. The Morgan fingerprint density at radius 1 is 1.27 bits per heavy atom. The maximum atomic E-state index is 13.7. The van der Waals surface area contributed by atoms with Gasteiger partial charge in [0.05, 0.1) is 0 Å². The van der Waals surface area contributed by atoms with Gasteiger partial charge in [-0.25, -0.2) is 9.37 Å². The van der Waals surface area contributed by atoms with Gasteiger partial charge in [-0.15, -0.1) is 23.7 Å². The SMILES string of the molecule is Cl.O=C(CC1CC2CCC(C1)N2)Nc1ncc(Cc2ccccc2F)s1. The van der Waals surface area contributed by atoms with E-state index in [0.717, 1.165) is 17.7 Å². The first-order valence-corrected chi connectivity index (χ1v) is 9.71. The van der Waals surface area contributed by atoms with E-state index in [4.69, 9.17) is 0 Å². The summed E-state index contributed by atoms with van der Waals surface area (Å²) < 4.78 is 13.7. The molecule has 1 aromatic carbocycles. The highest BCUT2D eigenvalue weighted by molar-refractivity contribution is 7.15. The van der Waals surface area contributed by atoms with Gasteiger partial charge in [0.15, 0.2) is 5.13 Å². The van der Waals surface area contributed by atoms with Gasteiger partial charge in [-0.05, 0) is 43.2 Å². The van der Waals surface area contributed by atoms with Crippen LogP contribution in [-0.2, 0) is 11.2 Å². The van der Waals surface area contributed by atoms with E-state index in [1.54, 1.807) is 18.3 Å². The molecule has 0 aliphatic carbocycles. The first-order valence-electron chi connectivity index (χ1n) is 8.89. The fourth-order valence-electron chi connectivity index (χ4n) is 4.05. The smallest absolute Gasteiger partial charge is 0.226 e. The van der Waals surface area contributed by atoms with E-state index in [1.165, 1.54) is 30.2 Å². The van der Waals surface area contributed by atoms with Gasteiger partial charge in [0, 0.05) is 36.0 Å². The number of aromatic nitrogens is 1. The van der Waals surface area contributed by atoms with Crippen LogP contribution < -0.4 is 10.6 Å². The highest BCUT2D eigenvalue weighted by atomic mass is 35.5. The number of piperidine rings is 1. The molecule has 2 aliphatic heterocycles. The Kier molecular flexibility index (Phi) is 6.27. The van der Waals surface area contributed by atoms with Crippen molar-refractivity contribution < 1.29 is 9.18 Å². The first kappa shape index (κ1) is 19.3. The fraction of sp³-hybridized carbons (Fsp3) is 0.474. The van der Waals surface area contributed by atoms with E-state index < -0.39 is 0 Å². The Morgan fingerprint density at radius 3 is 2.73 bits per heavy atom. The third-order valence-electron chi connectivity index (χ3n) is 5.17. The minimum Gasteiger partial charge on any atom is -0.311 e. The lowest BCUT2D eigenvalue weighted by molar-refractivity contribution is -0.117. The average molecular weight is 396 g/mol. The highest BCUT2D eigenvalue weighted by Crippen LogP contribution is 2.33. The number of rotatable bonds is 5. The molecule has 2 atom stereocenters. The molecule has 4 rings (SSSR count). The van der Waals surface area contributed by atoms with Crippen molar-refractivity contribution in [1.29, 1.82) is 0 Å². The second-order valence-corrected chi connectivity index (χ2v) is 8.24. The summed E-state index contributed by atoms with van der Waals surface area (Å²) in [6, 6.07) is 7.95. The molecule has 2 fully saturated rings. The van der Waals surface area contributed by atoms with Crippen molar-refractivity contribution in [2.24, 2.45) is 5.92 Å². The lowest BCUT2D eigenvalue weighted by atomic mass is 9.89. The van der Waals surface area contributed by atoms with E-state index in [2.05, 4.69) is 15.6 Å². The van der Waals surface area contributed by atoms with Crippen LogP contribution in [0.25, 0.3) is 0 Å². The first-order chi connectivity index (χ1) is 12.2. The van der Waals surface area contributed by atoms with E-state index in [9.17, 15) is 9.18 Å². The molecule has 2 N–H and O–H groups in total. The maximum Gasteiger partial charge on any atom is 0.226 e. The summed E-state index contributed by atoms with van der Waals surface area (Å²) in [5.41, 5.74) is 0.647. The van der Waals surface area contributed by atoms with Gasteiger partial charge in [0.25, 0.3) is 0 Å². The molecule has 0 spiro atoms. The number of halogens is 2. The maximum absolute atomic E-state index is 13.7. The number of hydrogen-bond acceptors (Lipinski definition) is 4. The third-order valence-corrected chi connectivity index (χ3v) is 6.08. The number of amides is 1. The molecule has 2 saturated heterocycles. The zero-order valence-electron chi connectivity index (χ0n) is 14.4. The van der Waals surface area contributed by atoms with E-state index in [-0.39, 0.29) is 24.1 Å². The van der Waals surface area contributed by atoms with Gasteiger partial charge in [-0.3, -0.25) is 4.79 Å². The van der Waals surface area contributed by atoms with Crippen LogP contribution in [0, 0.1) is 11.7 Å². The number of benzene rings is 1. The summed E-state index contributed by atoms with van der Waals surface area (Å²) in [4.78, 5) is 17.5. The second kappa shape index (κ2) is 8.46. The van der Waals surface area contributed by atoms with Crippen LogP contribution in [0.3, 0.4) is 0 Å². The Hall–Kier alpha value is -1.50. The largest absolute Gasteiger partial charge is 0.311 e. The summed E-state index contributed by atoms with van der Waals surface area (Å²) in [6.45, 7) is 0. The molecule has 2 aromatic rings. The Labute approximate surface area is 163 Å². The van der Waals surface area contributed by atoms with Gasteiger partial charge < -0.3 is 10.6 Å². The van der Waals surface area contributed by atoms with Crippen molar-refractivity contribution in [2.45, 2.75) is 50.6 Å². The topological polar surface area (TPSA) is 54.0 Å². The summed E-state index contributed by atoms with van der Waals surface area (Å²) in [6.07, 6.45) is 7.47. The molecule has 0 saturated carbocycles. The molecule has 26 heavy (non-hydrogen) atoms. The Morgan fingerprint density at radius 2 is 2.00 bits per heavy atom. The van der Waals surface area contributed by atoms with Crippen molar-refractivity contribution >= 4 is 34.8 Å². The number of carbonyl (C=O) groups excluding carboxylic acids is 1. The van der Waals surface area contributed by atoms with Crippen LogP contribution in [0.5, 0.6) is 0 Å². The number of thiazole rings is 1. The summed E-state index contributed by atoms with van der Waals surface area (Å²) >= 11 is 1.42. The quantitative estimate of drug-likeness (QED) is 0.799. The molecule has 1 amide bonds. The van der Waals surface area contributed by atoms with Gasteiger partial charge in [-0.2, -0.15) is 0 Å². The van der Waals surface area contributed by atoms with Crippen LogP contribution in [0.4, 0.5) is 9.52 Å². The third kappa shape index (κ3) is 4.61. The van der Waals surface area contributed by atoms with E-state index in [0.29, 0.717) is 41.5 Å². The molecule has 3 heterocycles. The van der Waals surface area contributed by atoms with Gasteiger partial charge >= 0.3 is 0 Å². The van der Waals surface area contributed by atoms with E-state index >= 15 is 0 Å². The highest BCUT2D eigenvalue weighted by Gasteiger charge is 2.34. The molecule has 2 aliphatic rings. The van der Waals surface area contributed by atoms with Crippen molar-refractivity contribution in [1.82, 2.24) is 10.3 Å². The predicted molar refractivity (Wildman–Crippen MR) is 104 cm³/mol. The predicted octanol–water partition coefficient (Wildman–Crippen LogP) is 4.15. The van der Waals surface area contributed by atoms with Crippen LogP contribution in [0.15, 0.2) is 30.5 Å². The molecule has 2 unspecified atom stereocenters. The standard InChI is InChI=1S/C19H22FN3OS.ClH/c20-17-4-2-1-3-13(17)10-16-11-21-19(25-16)23-18(24)9-12-7-14-5-6-15(8-12)22-14;/h1-4,11-12,14-15,22H,5-10H2,(H,21,23,24);1H. The zero-order valence-corrected chi connectivity index (χ0v) is 16.0. The van der Waals surface area contributed by atoms with Crippen molar-refractivity contribution in [3.05, 3.63) is 46.7 Å². The molecule has 7 heteroatoms. The van der Waals surface area contributed by atoms with E-state index in [1.807, 2.05) is 6.07 Å². The van der Waals surface area contributed by atoms with Gasteiger partial charge in [-0.1, -0.05) is 18.2 Å². The number of nitrogens with one attached hydrogen (secondary N) is 2. The average Bonchev–Trinajstić information content (AvgIpc) is 3.15. The van der Waals surface area contributed by atoms with Crippen LogP contribution >= 0.6 is 23.7 Å². The van der Waals surface area contributed by atoms with Crippen LogP contribution in [-0.4, -0.2) is 23.0 Å². The van der Waals surface area contributed by atoms with Gasteiger partial charge in [0.2, 0.25) is 5.91 Å². The number of hydrogen-bond donors (Lipinski definition) is 2. The lowest BCUT2D eigenvalue weighted by Crippen LogP contribution is -2.39. The molecule has 2 bridgehead atoms. The zero-order chi connectivity index (χ0) is 17.2. The van der Waals surface area contributed by atoms with Crippen molar-refractivity contribution in [3.8, 4) is 0 Å². The van der Waals surface area contributed by atoms with Crippen molar-refractivity contribution in [3.63, 3.8) is 0 Å². The summed E-state index contributed by atoms with van der Waals surface area (Å²) in [5.74, 6) is 0.303. The molecule has 0 radical (unpaired) electrons. The molecule has 4 nitrogen and oxygen atoms in total. The number of anilines is 1. The summed E-state index contributed by atoms with van der Waals surface area (Å²) in [5, 5.41) is 7.12.